The first-order valence-electron chi connectivity index (χ1n) is 9.67. The van der Waals surface area contributed by atoms with Crippen LogP contribution in [0.1, 0.15) is 29.8 Å². The summed E-state index contributed by atoms with van der Waals surface area (Å²) in [5, 5.41) is 17.7. The summed E-state index contributed by atoms with van der Waals surface area (Å²) in [4.78, 5) is 12.6. The van der Waals surface area contributed by atoms with Crippen molar-refractivity contribution in [3.05, 3.63) is 58.7 Å². The standard InChI is InChI=1S/C21H23N5O3S2/c1-15-17(16(2)26(24-15)13-6-12-22)10-11-20(27)23-18-7-3-4-8-19(18)25-31(28,29)21-9-5-14-30-21/h3-5,7-9,14,25H,6,10-11,13H2,1-2H3,(H,23,27). The predicted molar refractivity (Wildman–Crippen MR) is 120 cm³/mol. The van der Waals surface area contributed by atoms with Crippen molar-refractivity contribution in [2.75, 3.05) is 10.0 Å². The minimum atomic E-state index is -3.72. The molecule has 3 rings (SSSR count). The lowest BCUT2D eigenvalue weighted by Gasteiger charge is -2.13. The smallest absolute Gasteiger partial charge is 0.271 e. The maximum atomic E-state index is 12.6. The Bertz CT molecular complexity index is 1210. The number of aryl methyl sites for hydroxylation is 2. The Balaban J connectivity index is 1.67. The molecule has 10 heteroatoms. The molecule has 0 bridgehead atoms. The van der Waals surface area contributed by atoms with Crippen molar-refractivity contribution >= 4 is 38.6 Å². The third-order valence-corrected chi connectivity index (χ3v) is 7.54. The van der Waals surface area contributed by atoms with E-state index in [9.17, 15) is 13.2 Å². The van der Waals surface area contributed by atoms with Crippen LogP contribution in [0.25, 0.3) is 0 Å². The number of nitriles is 1. The number of anilines is 2. The number of aromatic nitrogens is 2. The number of benzene rings is 1. The summed E-state index contributed by atoms with van der Waals surface area (Å²) in [5.41, 5.74) is 3.48. The van der Waals surface area contributed by atoms with Crippen LogP contribution in [0.2, 0.25) is 0 Å². The van der Waals surface area contributed by atoms with Crippen molar-refractivity contribution in [1.29, 1.82) is 5.26 Å². The molecule has 0 radical (unpaired) electrons. The Morgan fingerprint density at radius 3 is 2.61 bits per heavy atom. The second-order valence-corrected chi connectivity index (χ2v) is 9.77. The number of amides is 1. The number of nitrogens with zero attached hydrogens (tertiary/aromatic N) is 3. The molecule has 1 aromatic carbocycles. The van der Waals surface area contributed by atoms with Crippen LogP contribution < -0.4 is 10.0 Å². The monoisotopic (exact) mass is 457 g/mol. The summed E-state index contributed by atoms with van der Waals surface area (Å²) in [5.74, 6) is -0.230. The van der Waals surface area contributed by atoms with Crippen molar-refractivity contribution in [1.82, 2.24) is 9.78 Å². The van der Waals surface area contributed by atoms with E-state index in [1.54, 1.807) is 40.4 Å². The molecule has 0 aliphatic heterocycles. The van der Waals surface area contributed by atoms with Gasteiger partial charge in [-0.05, 0) is 49.4 Å². The van der Waals surface area contributed by atoms with Gasteiger partial charge in [-0.1, -0.05) is 18.2 Å². The van der Waals surface area contributed by atoms with Gasteiger partial charge in [0.25, 0.3) is 10.0 Å². The minimum absolute atomic E-state index is 0.202. The number of carbonyl (C=O) groups is 1. The predicted octanol–water partition coefficient (Wildman–Crippen LogP) is 3.85. The van der Waals surface area contributed by atoms with Gasteiger partial charge in [0, 0.05) is 12.1 Å². The Morgan fingerprint density at radius 2 is 1.94 bits per heavy atom. The quantitative estimate of drug-likeness (QED) is 0.506. The van der Waals surface area contributed by atoms with Crippen LogP contribution in [0.15, 0.2) is 46.0 Å². The lowest BCUT2D eigenvalue weighted by molar-refractivity contribution is -0.116. The van der Waals surface area contributed by atoms with E-state index in [-0.39, 0.29) is 16.5 Å². The topological polar surface area (TPSA) is 117 Å². The Hall–Kier alpha value is -3.16. The number of para-hydroxylation sites is 2. The van der Waals surface area contributed by atoms with E-state index >= 15 is 0 Å². The largest absolute Gasteiger partial charge is 0.324 e. The van der Waals surface area contributed by atoms with Crippen molar-refractivity contribution in [3.8, 4) is 6.07 Å². The SMILES string of the molecule is Cc1nn(CCC#N)c(C)c1CCC(=O)Nc1ccccc1NS(=O)(=O)c1cccs1. The fourth-order valence-corrected chi connectivity index (χ4v) is 5.29. The van der Waals surface area contributed by atoms with Crippen LogP contribution in [0.4, 0.5) is 11.4 Å². The van der Waals surface area contributed by atoms with Crippen LogP contribution in [0.5, 0.6) is 0 Å². The zero-order chi connectivity index (χ0) is 22.4. The third-order valence-electron chi connectivity index (χ3n) is 4.77. The van der Waals surface area contributed by atoms with Crippen LogP contribution in [-0.2, 0) is 27.8 Å². The molecule has 0 saturated carbocycles. The van der Waals surface area contributed by atoms with Gasteiger partial charge in [0.2, 0.25) is 5.91 Å². The molecule has 0 spiro atoms. The number of sulfonamides is 1. The third kappa shape index (κ3) is 5.51. The lowest BCUT2D eigenvalue weighted by Crippen LogP contribution is -2.17. The molecule has 0 aliphatic carbocycles. The number of hydrogen-bond acceptors (Lipinski definition) is 6. The van der Waals surface area contributed by atoms with Gasteiger partial charge in [-0.3, -0.25) is 14.2 Å². The molecule has 2 heterocycles. The van der Waals surface area contributed by atoms with E-state index < -0.39 is 10.0 Å². The van der Waals surface area contributed by atoms with Gasteiger partial charge in [-0.15, -0.1) is 11.3 Å². The average Bonchev–Trinajstić information content (AvgIpc) is 3.36. The van der Waals surface area contributed by atoms with Gasteiger partial charge in [0.05, 0.1) is 36.1 Å². The molecule has 162 valence electrons. The Kier molecular flexibility index (Phi) is 7.09. The summed E-state index contributed by atoms with van der Waals surface area (Å²) in [6, 6.07) is 12.0. The summed E-state index contributed by atoms with van der Waals surface area (Å²) in [6.07, 6.45) is 1.09. The summed E-state index contributed by atoms with van der Waals surface area (Å²) >= 11 is 1.12. The highest BCUT2D eigenvalue weighted by atomic mass is 32.2. The lowest BCUT2D eigenvalue weighted by atomic mass is 10.1. The maximum Gasteiger partial charge on any atom is 0.271 e. The molecule has 2 aromatic heterocycles. The molecule has 0 fully saturated rings. The molecule has 0 unspecified atom stereocenters. The van der Waals surface area contributed by atoms with Crippen molar-refractivity contribution < 1.29 is 13.2 Å². The number of rotatable bonds is 9. The van der Waals surface area contributed by atoms with Crippen molar-refractivity contribution in [2.45, 2.75) is 43.9 Å². The molecule has 3 aromatic rings. The number of carbonyl (C=O) groups excluding carboxylic acids is 1. The van der Waals surface area contributed by atoms with Crippen molar-refractivity contribution in [3.63, 3.8) is 0 Å². The molecular formula is C21H23N5O3S2. The van der Waals surface area contributed by atoms with E-state index in [4.69, 9.17) is 5.26 Å². The maximum absolute atomic E-state index is 12.6. The molecule has 0 saturated heterocycles. The second kappa shape index (κ2) is 9.76. The summed E-state index contributed by atoms with van der Waals surface area (Å²) < 4.78 is 29.6. The van der Waals surface area contributed by atoms with Gasteiger partial charge in [0.15, 0.2) is 0 Å². The molecule has 0 atom stereocenters. The van der Waals surface area contributed by atoms with E-state index in [2.05, 4.69) is 21.2 Å². The fourth-order valence-electron chi connectivity index (χ4n) is 3.21. The van der Waals surface area contributed by atoms with E-state index in [0.717, 1.165) is 28.3 Å². The fraction of sp³-hybridized carbons (Fsp3) is 0.286. The van der Waals surface area contributed by atoms with Crippen LogP contribution in [0, 0.1) is 25.2 Å². The average molecular weight is 458 g/mol. The van der Waals surface area contributed by atoms with Crippen LogP contribution >= 0.6 is 11.3 Å². The van der Waals surface area contributed by atoms with E-state index in [0.29, 0.717) is 30.8 Å². The second-order valence-electron chi connectivity index (χ2n) is 6.91. The highest BCUT2D eigenvalue weighted by molar-refractivity contribution is 7.94. The number of thiophene rings is 1. The summed E-state index contributed by atoms with van der Waals surface area (Å²) in [7, 11) is -3.72. The highest BCUT2D eigenvalue weighted by Gasteiger charge is 2.18. The molecule has 1 amide bonds. The van der Waals surface area contributed by atoms with E-state index in [1.165, 1.54) is 6.07 Å². The zero-order valence-corrected chi connectivity index (χ0v) is 18.9. The normalized spacial score (nSPS) is 11.1. The first-order valence-corrected chi connectivity index (χ1v) is 12.0. The first kappa shape index (κ1) is 22.5. The molecule has 0 aliphatic rings. The Morgan fingerprint density at radius 1 is 1.19 bits per heavy atom. The van der Waals surface area contributed by atoms with E-state index in [1.807, 2.05) is 13.8 Å². The van der Waals surface area contributed by atoms with Gasteiger partial charge in [-0.25, -0.2) is 8.42 Å². The number of hydrogen-bond donors (Lipinski definition) is 2. The zero-order valence-electron chi connectivity index (χ0n) is 17.3. The van der Waals surface area contributed by atoms with Gasteiger partial charge in [-0.2, -0.15) is 10.4 Å². The molecular weight excluding hydrogens is 434 g/mol. The molecule has 2 N–H and O–H groups in total. The molecule has 31 heavy (non-hydrogen) atoms. The van der Waals surface area contributed by atoms with Crippen molar-refractivity contribution in [2.24, 2.45) is 0 Å². The number of nitrogens with one attached hydrogen (secondary N) is 2. The summed E-state index contributed by atoms with van der Waals surface area (Å²) in [6.45, 7) is 4.34. The van der Waals surface area contributed by atoms with Crippen LogP contribution in [0.3, 0.4) is 0 Å². The highest BCUT2D eigenvalue weighted by Crippen LogP contribution is 2.26. The minimum Gasteiger partial charge on any atom is -0.324 e. The van der Waals surface area contributed by atoms with Gasteiger partial charge in [0.1, 0.15) is 4.21 Å². The van der Waals surface area contributed by atoms with Gasteiger partial charge >= 0.3 is 0 Å². The molecule has 8 nitrogen and oxygen atoms in total. The van der Waals surface area contributed by atoms with Crippen LogP contribution in [-0.4, -0.2) is 24.1 Å². The first-order chi connectivity index (χ1) is 14.8. The Labute approximate surface area is 185 Å². The van der Waals surface area contributed by atoms with Gasteiger partial charge < -0.3 is 5.32 Å².